The zero-order chi connectivity index (χ0) is 16.9. The minimum Gasteiger partial charge on any atom is -0.337 e. The molecule has 2 aromatic heterocycles. The lowest BCUT2D eigenvalue weighted by atomic mass is 10.2. The minimum absolute atomic E-state index is 0.0351. The van der Waals surface area contributed by atoms with Crippen LogP contribution in [-0.2, 0) is 0 Å². The summed E-state index contributed by atoms with van der Waals surface area (Å²) in [5, 5.41) is 0.664. The molecule has 3 heterocycles. The number of hydrogen-bond acceptors (Lipinski definition) is 7. The normalized spacial score (nSPS) is 14.8. The van der Waals surface area contributed by atoms with E-state index < -0.39 is 0 Å². The van der Waals surface area contributed by atoms with Gasteiger partial charge in [-0.1, -0.05) is 18.7 Å². The smallest absolute Gasteiger partial charge is 0.272 e. The fourth-order valence-electron chi connectivity index (χ4n) is 2.57. The summed E-state index contributed by atoms with van der Waals surface area (Å²) in [6.07, 6.45) is 3.47. The Morgan fingerprint density at radius 2 is 1.88 bits per heavy atom. The van der Waals surface area contributed by atoms with Gasteiger partial charge >= 0.3 is 0 Å². The van der Waals surface area contributed by atoms with Gasteiger partial charge in [0.05, 0.1) is 0 Å². The molecule has 1 fully saturated rings. The van der Waals surface area contributed by atoms with Crippen molar-refractivity contribution in [3.8, 4) is 0 Å². The molecule has 24 heavy (non-hydrogen) atoms. The third-order valence-corrected chi connectivity index (χ3v) is 4.46. The van der Waals surface area contributed by atoms with Crippen LogP contribution < -0.4 is 4.90 Å². The maximum Gasteiger partial charge on any atom is 0.272 e. The first-order valence-corrected chi connectivity index (χ1v) is 8.95. The lowest BCUT2D eigenvalue weighted by molar-refractivity contribution is 0.0739. The molecule has 0 N–H and O–H groups in total. The molecule has 0 bridgehead atoms. The minimum atomic E-state index is -0.0351. The summed E-state index contributed by atoms with van der Waals surface area (Å²) in [6.45, 7) is 6.64. The Hall–Kier alpha value is -2.22. The highest BCUT2D eigenvalue weighted by molar-refractivity contribution is 7.99. The SMILES string of the molecule is CCSc1nc(C)cc(C(=O)N2CCN(c3ncccn3)CC2)n1. The van der Waals surface area contributed by atoms with E-state index in [0.29, 0.717) is 29.9 Å². The average Bonchev–Trinajstić information content (AvgIpc) is 2.62. The predicted molar refractivity (Wildman–Crippen MR) is 93.3 cm³/mol. The number of thioether (sulfide) groups is 1. The second-order valence-electron chi connectivity index (χ2n) is 5.44. The first-order chi connectivity index (χ1) is 11.7. The van der Waals surface area contributed by atoms with Gasteiger partial charge in [0.25, 0.3) is 5.91 Å². The highest BCUT2D eigenvalue weighted by atomic mass is 32.2. The molecule has 0 radical (unpaired) electrons. The molecular formula is C16H20N6OS. The molecule has 0 atom stereocenters. The summed E-state index contributed by atoms with van der Waals surface area (Å²) in [4.78, 5) is 33.9. The summed E-state index contributed by atoms with van der Waals surface area (Å²) in [5.74, 6) is 1.56. The zero-order valence-corrected chi connectivity index (χ0v) is 14.7. The van der Waals surface area contributed by atoms with Crippen molar-refractivity contribution in [1.82, 2.24) is 24.8 Å². The van der Waals surface area contributed by atoms with Crippen LogP contribution in [0.25, 0.3) is 0 Å². The molecule has 0 aliphatic carbocycles. The molecule has 1 amide bonds. The Balaban J connectivity index is 1.67. The summed E-state index contributed by atoms with van der Waals surface area (Å²) in [5.41, 5.74) is 1.29. The largest absolute Gasteiger partial charge is 0.337 e. The van der Waals surface area contributed by atoms with Gasteiger partial charge in [0, 0.05) is 44.3 Å². The number of aromatic nitrogens is 4. The van der Waals surface area contributed by atoms with Crippen LogP contribution in [0.15, 0.2) is 29.7 Å². The molecule has 0 saturated carbocycles. The first kappa shape index (κ1) is 16.6. The Bertz CT molecular complexity index is 703. The van der Waals surface area contributed by atoms with E-state index in [1.807, 2.05) is 18.7 Å². The number of carbonyl (C=O) groups is 1. The molecule has 0 spiro atoms. The number of hydrogen-bond donors (Lipinski definition) is 0. The monoisotopic (exact) mass is 344 g/mol. The molecule has 126 valence electrons. The molecule has 0 aromatic carbocycles. The molecule has 1 saturated heterocycles. The van der Waals surface area contributed by atoms with Crippen LogP contribution in [0.4, 0.5) is 5.95 Å². The van der Waals surface area contributed by atoms with Gasteiger partial charge in [-0.25, -0.2) is 19.9 Å². The predicted octanol–water partition coefficient (Wildman–Crippen LogP) is 1.65. The summed E-state index contributed by atoms with van der Waals surface area (Å²) >= 11 is 1.55. The Kier molecular flexibility index (Phi) is 5.24. The van der Waals surface area contributed by atoms with Crippen molar-refractivity contribution in [2.24, 2.45) is 0 Å². The van der Waals surface area contributed by atoms with Crippen molar-refractivity contribution in [1.29, 1.82) is 0 Å². The van der Waals surface area contributed by atoms with Crippen LogP contribution in [0.3, 0.4) is 0 Å². The number of piperazine rings is 1. The van der Waals surface area contributed by atoms with Gasteiger partial charge < -0.3 is 9.80 Å². The lowest BCUT2D eigenvalue weighted by Crippen LogP contribution is -2.49. The van der Waals surface area contributed by atoms with Gasteiger partial charge in [-0.15, -0.1) is 0 Å². The van der Waals surface area contributed by atoms with E-state index >= 15 is 0 Å². The van der Waals surface area contributed by atoms with Crippen molar-refractivity contribution < 1.29 is 4.79 Å². The number of carbonyl (C=O) groups excluding carboxylic acids is 1. The van der Waals surface area contributed by atoms with E-state index in [-0.39, 0.29) is 5.91 Å². The molecule has 7 nitrogen and oxygen atoms in total. The molecule has 8 heteroatoms. The number of amides is 1. The van der Waals surface area contributed by atoms with E-state index in [4.69, 9.17) is 0 Å². The van der Waals surface area contributed by atoms with Crippen molar-refractivity contribution in [2.45, 2.75) is 19.0 Å². The van der Waals surface area contributed by atoms with Gasteiger partial charge in [0.2, 0.25) is 5.95 Å². The Morgan fingerprint density at radius 3 is 2.54 bits per heavy atom. The highest BCUT2D eigenvalue weighted by Crippen LogP contribution is 2.16. The number of aryl methyl sites for hydroxylation is 1. The Labute approximate surface area is 145 Å². The molecule has 1 aliphatic heterocycles. The third-order valence-electron chi connectivity index (χ3n) is 3.73. The van der Waals surface area contributed by atoms with Crippen molar-refractivity contribution >= 4 is 23.6 Å². The van der Waals surface area contributed by atoms with Crippen LogP contribution >= 0.6 is 11.8 Å². The average molecular weight is 344 g/mol. The van der Waals surface area contributed by atoms with E-state index in [1.54, 1.807) is 36.3 Å². The van der Waals surface area contributed by atoms with Crippen LogP contribution in [-0.4, -0.2) is 62.7 Å². The maximum atomic E-state index is 12.7. The third kappa shape index (κ3) is 3.81. The van der Waals surface area contributed by atoms with E-state index in [1.165, 1.54) is 0 Å². The molecular weight excluding hydrogens is 324 g/mol. The van der Waals surface area contributed by atoms with E-state index in [0.717, 1.165) is 24.5 Å². The number of anilines is 1. The maximum absolute atomic E-state index is 12.7. The molecule has 3 rings (SSSR count). The topological polar surface area (TPSA) is 75.1 Å². The van der Waals surface area contributed by atoms with Crippen molar-refractivity contribution in [3.63, 3.8) is 0 Å². The Morgan fingerprint density at radius 1 is 1.17 bits per heavy atom. The van der Waals surface area contributed by atoms with Crippen molar-refractivity contribution in [2.75, 3.05) is 36.8 Å². The van der Waals surface area contributed by atoms with E-state index in [2.05, 4.69) is 24.8 Å². The van der Waals surface area contributed by atoms with Gasteiger partial charge in [0.1, 0.15) is 5.69 Å². The summed E-state index contributed by atoms with van der Waals surface area (Å²) < 4.78 is 0. The standard InChI is InChI=1S/C16H20N6OS/c1-3-24-16-19-12(2)11-13(20-16)14(23)21-7-9-22(10-8-21)15-17-5-4-6-18-15/h4-6,11H,3,7-10H2,1-2H3. The van der Waals surface area contributed by atoms with Gasteiger partial charge in [-0.3, -0.25) is 4.79 Å². The zero-order valence-electron chi connectivity index (χ0n) is 13.8. The quantitative estimate of drug-likeness (QED) is 0.616. The summed E-state index contributed by atoms with van der Waals surface area (Å²) in [7, 11) is 0. The van der Waals surface area contributed by atoms with Crippen molar-refractivity contribution in [3.05, 3.63) is 35.9 Å². The molecule has 2 aromatic rings. The van der Waals surface area contributed by atoms with Gasteiger partial charge in [0.15, 0.2) is 5.16 Å². The van der Waals surface area contributed by atoms with Crippen LogP contribution in [0.5, 0.6) is 0 Å². The molecule has 0 unspecified atom stereocenters. The number of nitrogens with zero attached hydrogens (tertiary/aromatic N) is 6. The van der Waals surface area contributed by atoms with E-state index in [9.17, 15) is 4.79 Å². The highest BCUT2D eigenvalue weighted by Gasteiger charge is 2.24. The van der Waals surface area contributed by atoms with Gasteiger partial charge in [-0.2, -0.15) is 0 Å². The van der Waals surface area contributed by atoms with Crippen LogP contribution in [0, 0.1) is 6.92 Å². The van der Waals surface area contributed by atoms with Gasteiger partial charge in [-0.05, 0) is 24.8 Å². The number of rotatable bonds is 4. The second kappa shape index (κ2) is 7.57. The fourth-order valence-corrected chi connectivity index (χ4v) is 3.20. The van der Waals surface area contributed by atoms with Crippen LogP contribution in [0.1, 0.15) is 23.1 Å². The van der Waals surface area contributed by atoms with Crippen LogP contribution in [0.2, 0.25) is 0 Å². The summed E-state index contributed by atoms with van der Waals surface area (Å²) in [6, 6.07) is 3.56. The first-order valence-electron chi connectivity index (χ1n) is 7.97. The lowest BCUT2D eigenvalue weighted by Gasteiger charge is -2.34. The molecule has 1 aliphatic rings. The fraction of sp³-hybridized carbons (Fsp3) is 0.438. The second-order valence-corrected chi connectivity index (χ2v) is 6.67.